The minimum absolute atomic E-state index is 0.0289. The summed E-state index contributed by atoms with van der Waals surface area (Å²) in [7, 11) is 1.63. The van der Waals surface area contributed by atoms with Crippen LogP contribution in [0.25, 0.3) is 0 Å². The molecule has 0 heterocycles. The number of aliphatic hydroxyl groups is 1. The number of hydrogen-bond donors (Lipinski definition) is 3. The van der Waals surface area contributed by atoms with Crippen LogP contribution in [0.2, 0.25) is 0 Å². The van der Waals surface area contributed by atoms with Crippen molar-refractivity contribution >= 4 is 5.91 Å². The average molecular weight is 258 g/mol. The van der Waals surface area contributed by atoms with E-state index in [2.05, 4.69) is 17.6 Å². The van der Waals surface area contributed by atoms with Crippen LogP contribution >= 0.6 is 0 Å². The summed E-state index contributed by atoms with van der Waals surface area (Å²) in [5.41, 5.74) is -0.405. The lowest BCUT2D eigenvalue weighted by Crippen LogP contribution is -2.55. The number of nitrogens with one attached hydrogen (secondary N) is 2. The minimum Gasteiger partial charge on any atom is -0.394 e. The van der Waals surface area contributed by atoms with Crippen molar-refractivity contribution in [2.45, 2.75) is 38.1 Å². The van der Waals surface area contributed by atoms with Crippen molar-refractivity contribution in [3.63, 3.8) is 0 Å². The summed E-state index contributed by atoms with van der Waals surface area (Å²) in [4.78, 5) is 11.8. The summed E-state index contributed by atoms with van der Waals surface area (Å²) >= 11 is 0. The van der Waals surface area contributed by atoms with Crippen molar-refractivity contribution in [1.82, 2.24) is 10.6 Å². The molecule has 2 atom stereocenters. The molecule has 1 amide bonds. The second-order valence-corrected chi connectivity index (χ2v) is 5.36. The van der Waals surface area contributed by atoms with E-state index >= 15 is 0 Å². The van der Waals surface area contributed by atoms with Crippen molar-refractivity contribution in [3.05, 3.63) is 0 Å². The highest BCUT2D eigenvalue weighted by Gasteiger charge is 2.35. The van der Waals surface area contributed by atoms with Crippen LogP contribution < -0.4 is 10.6 Å². The van der Waals surface area contributed by atoms with Crippen LogP contribution in [0.4, 0.5) is 0 Å². The maximum Gasteiger partial charge on any atom is 0.234 e. The smallest absolute Gasteiger partial charge is 0.234 e. The van der Waals surface area contributed by atoms with Gasteiger partial charge in [-0.25, -0.2) is 0 Å². The highest BCUT2D eigenvalue weighted by Crippen LogP contribution is 2.31. The Morgan fingerprint density at radius 1 is 1.56 bits per heavy atom. The molecule has 1 aliphatic carbocycles. The molecule has 0 spiro atoms. The Labute approximate surface area is 109 Å². The molecule has 5 nitrogen and oxygen atoms in total. The van der Waals surface area contributed by atoms with Gasteiger partial charge in [0.15, 0.2) is 0 Å². The molecule has 0 aromatic carbocycles. The fraction of sp³-hybridized carbons (Fsp3) is 0.923. The number of amides is 1. The molecule has 3 N–H and O–H groups in total. The van der Waals surface area contributed by atoms with E-state index in [4.69, 9.17) is 4.74 Å². The minimum atomic E-state index is -0.405. The van der Waals surface area contributed by atoms with Crippen molar-refractivity contribution in [2.75, 3.05) is 33.4 Å². The first kappa shape index (κ1) is 15.4. The Balaban J connectivity index is 2.35. The number of methoxy groups -OCH3 is 1. The van der Waals surface area contributed by atoms with Gasteiger partial charge in [0.05, 0.1) is 25.3 Å². The number of aliphatic hydroxyl groups excluding tert-OH is 1. The molecule has 18 heavy (non-hydrogen) atoms. The van der Waals surface area contributed by atoms with Gasteiger partial charge < -0.3 is 20.5 Å². The molecule has 1 saturated carbocycles. The zero-order chi connectivity index (χ0) is 13.4. The highest BCUT2D eigenvalue weighted by atomic mass is 16.5. The molecule has 106 valence electrons. The van der Waals surface area contributed by atoms with E-state index < -0.39 is 5.54 Å². The SMILES string of the molecule is COCCNCC(=O)NC1(CO)CCCC(C)C1. The van der Waals surface area contributed by atoms with Crippen LogP contribution in [0, 0.1) is 5.92 Å². The summed E-state index contributed by atoms with van der Waals surface area (Å²) in [6.45, 7) is 3.73. The number of ether oxygens (including phenoxy) is 1. The largest absolute Gasteiger partial charge is 0.394 e. The summed E-state index contributed by atoms with van der Waals surface area (Å²) in [5, 5.41) is 15.6. The van der Waals surface area contributed by atoms with E-state index in [1.165, 1.54) is 6.42 Å². The monoisotopic (exact) mass is 258 g/mol. The Bertz CT molecular complexity index is 261. The van der Waals surface area contributed by atoms with Crippen LogP contribution in [0.15, 0.2) is 0 Å². The third-order valence-electron chi connectivity index (χ3n) is 3.57. The summed E-state index contributed by atoms with van der Waals surface area (Å²) < 4.78 is 4.89. The van der Waals surface area contributed by atoms with E-state index in [9.17, 15) is 9.90 Å². The van der Waals surface area contributed by atoms with Crippen LogP contribution in [-0.4, -0.2) is 50.0 Å². The van der Waals surface area contributed by atoms with Crippen molar-refractivity contribution in [3.8, 4) is 0 Å². The number of carbonyl (C=O) groups excluding carboxylic acids is 1. The van der Waals surface area contributed by atoms with Crippen molar-refractivity contribution in [1.29, 1.82) is 0 Å². The van der Waals surface area contributed by atoms with Crippen LogP contribution in [0.3, 0.4) is 0 Å². The van der Waals surface area contributed by atoms with E-state index in [-0.39, 0.29) is 19.1 Å². The molecular weight excluding hydrogens is 232 g/mol. The topological polar surface area (TPSA) is 70.6 Å². The van der Waals surface area contributed by atoms with Gasteiger partial charge in [0.1, 0.15) is 0 Å². The summed E-state index contributed by atoms with van der Waals surface area (Å²) in [5.74, 6) is 0.516. The fourth-order valence-electron chi connectivity index (χ4n) is 2.67. The molecule has 0 aromatic heterocycles. The van der Waals surface area contributed by atoms with E-state index in [1.54, 1.807) is 7.11 Å². The van der Waals surface area contributed by atoms with E-state index in [0.717, 1.165) is 19.3 Å². The zero-order valence-corrected chi connectivity index (χ0v) is 11.5. The van der Waals surface area contributed by atoms with E-state index in [0.29, 0.717) is 19.1 Å². The molecule has 0 bridgehead atoms. The van der Waals surface area contributed by atoms with Gasteiger partial charge in [0, 0.05) is 13.7 Å². The molecule has 0 radical (unpaired) electrons. The highest BCUT2D eigenvalue weighted by molar-refractivity contribution is 5.78. The third kappa shape index (κ3) is 4.92. The number of hydrogen-bond acceptors (Lipinski definition) is 4. The molecule has 2 unspecified atom stereocenters. The van der Waals surface area contributed by atoms with Crippen LogP contribution in [-0.2, 0) is 9.53 Å². The first-order valence-electron chi connectivity index (χ1n) is 6.73. The Morgan fingerprint density at radius 2 is 2.33 bits per heavy atom. The molecule has 1 fully saturated rings. The molecule has 1 rings (SSSR count). The lowest BCUT2D eigenvalue weighted by molar-refractivity contribution is -0.123. The predicted molar refractivity (Wildman–Crippen MR) is 70.3 cm³/mol. The number of rotatable bonds is 7. The lowest BCUT2D eigenvalue weighted by Gasteiger charge is -2.39. The lowest BCUT2D eigenvalue weighted by atomic mass is 9.77. The second kappa shape index (κ2) is 7.71. The van der Waals surface area contributed by atoms with Gasteiger partial charge in [-0.3, -0.25) is 4.79 Å². The van der Waals surface area contributed by atoms with Gasteiger partial charge in [-0.15, -0.1) is 0 Å². The maximum absolute atomic E-state index is 11.8. The zero-order valence-electron chi connectivity index (χ0n) is 11.5. The predicted octanol–water partition coefficient (Wildman–Crippen LogP) is 0.280. The normalized spacial score (nSPS) is 28.1. The van der Waals surface area contributed by atoms with E-state index in [1.807, 2.05) is 0 Å². The Hall–Kier alpha value is -0.650. The molecule has 0 aromatic rings. The summed E-state index contributed by atoms with van der Waals surface area (Å²) in [6, 6.07) is 0. The molecule has 1 aliphatic rings. The Kier molecular flexibility index (Phi) is 6.60. The van der Waals surface area contributed by atoms with Crippen molar-refractivity contribution in [2.24, 2.45) is 5.92 Å². The first-order chi connectivity index (χ1) is 8.62. The van der Waals surface area contributed by atoms with Gasteiger partial charge in [-0.2, -0.15) is 0 Å². The van der Waals surface area contributed by atoms with Gasteiger partial charge >= 0.3 is 0 Å². The third-order valence-corrected chi connectivity index (χ3v) is 3.57. The molecule has 0 saturated heterocycles. The first-order valence-corrected chi connectivity index (χ1v) is 6.73. The molecule has 0 aliphatic heterocycles. The van der Waals surface area contributed by atoms with Gasteiger partial charge in [-0.1, -0.05) is 19.8 Å². The van der Waals surface area contributed by atoms with Gasteiger partial charge in [0.2, 0.25) is 5.91 Å². The maximum atomic E-state index is 11.8. The number of carbonyl (C=O) groups is 1. The Morgan fingerprint density at radius 3 is 2.94 bits per heavy atom. The second-order valence-electron chi connectivity index (χ2n) is 5.36. The van der Waals surface area contributed by atoms with Crippen LogP contribution in [0.1, 0.15) is 32.6 Å². The average Bonchev–Trinajstić information content (AvgIpc) is 2.34. The quantitative estimate of drug-likeness (QED) is 0.574. The summed E-state index contributed by atoms with van der Waals surface area (Å²) in [6.07, 6.45) is 3.99. The van der Waals surface area contributed by atoms with Crippen LogP contribution in [0.5, 0.6) is 0 Å². The molecular formula is C13H26N2O3. The molecule has 5 heteroatoms. The fourth-order valence-corrected chi connectivity index (χ4v) is 2.67. The van der Waals surface area contributed by atoms with Gasteiger partial charge in [0.25, 0.3) is 0 Å². The van der Waals surface area contributed by atoms with Crippen molar-refractivity contribution < 1.29 is 14.6 Å². The standard InChI is InChI=1S/C13H26N2O3/c1-11-4-3-5-13(8-11,10-16)15-12(17)9-14-6-7-18-2/h11,14,16H,3-10H2,1-2H3,(H,15,17). The van der Waals surface area contributed by atoms with Gasteiger partial charge in [-0.05, 0) is 18.8 Å².